The number of aliphatic hydroxyl groups is 1. The largest absolute Gasteiger partial charge is 0.481 e. The summed E-state index contributed by atoms with van der Waals surface area (Å²) in [4.78, 5) is 25.2. The van der Waals surface area contributed by atoms with Crippen LogP contribution in [0.15, 0.2) is 0 Å². The molecule has 5 nitrogen and oxygen atoms in total. The molecule has 0 amide bonds. The molecule has 0 aromatic carbocycles. The first kappa shape index (κ1) is 48.9. The lowest BCUT2D eigenvalue weighted by Gasteiger charge is -2.30. The van der Waals surface area contributed by atoms with E-state index in [1.807, 2.05) is 0 Å². The van der Waals surface area contributed by atoms with Crippen LogP contribution in [0.2, 0.25) is 0 Å². The van der Waals surface area contributed by atoms with Crippen molar-refractivity contribution in [2.45, 2.75) is 265 Å². The number of rotatable bonds is 40. The number of hydrogen-bond donors (Lipinski definition) is 3. The Morgan fingerprint density at radius 2 is 0.560 bits per heavy atom. The SMILES string of the molecule is CCCCCCCCC(CCCCCC)(CCCCCCC(O)CCCCCCC(CCCCCC)(CCCCCCCC)C(=O)O)C(=O)O. The Balaban J connectivity index is 4.52. The van der Waals surface area contributed by atoms with Gasteiger partial charge in [-0.1, -0.05) is 207 Å². The maximum absolute atomic E-state index is 12.6. The Morgan fingerprint density at radius 3 is 0.800 bits per heavy atom. The summed E-state index contributed by atoms with van der Waals surface area (Å²) in [5, 5.41) is 31.4. The molecular formula is C45H88O5. The monoisotopic (exact) mass is 709 g/mol. The van der Waals surface area contributed by atoms with Gasteiger partial charge < -0.3 is 15.3 Å². The summed E-state index contributed by atoms with van der Waals surface area (Å²) in [6.45, 7) is 8.88. The minimum absolute atomic E-state index is 0.260. The number of hydrogen-bond acceptors (Lipinski definition) is 3. The second kappa shape index (κ2) is 33.7. The van der Waals surface area contributed by atoms with Gasteiger partial charge in [-0.2, -0.15) is 0 Å². The zero-order valence-corrected chi connectivity index (χ0v) is 34.2. The maximum atomic E-state index is 12.6. The van der Waals surface area contributed by atoms with E-state index in [9.17, 15) is 24.9 Å². The molecule has 0 saturated carbocycles. The summed E-state index contributed by atoms with van der Waals surface area (Å²) in [6, 6.07) is 0. The van der Waals surface area contributed by atoms with Gasteiger partial charge in [-0.3, -0.25) is 9.59 Å². The van der Waals surface area contributed by atoms with Gasteiger partial charge in [-0.25, -0.2) is 0 Å². The van der Waals surface area contributed by atoms with E-state index in [2.05, 4.69) is 27.7 Å². The Labute approximate surface area is 312 Å². The molecule has 50 heavy (non-hydrogen) atoms. The quantitative estimate of drug-likeness (QED) is 0.0551. The lowest BCUT2D eigenvalue weighted by Crippen LogP contribution is -2.31. The van der Waals surface area contributed by atoms with Crippen LogP contribution >= 0.6 is 0 Å². The van der Waals surface area contributed by atoms with E-state index in [1.54, 1.807) is 0 Å². The van der Waals surface area contributed by atoms with Gasteiger partial charge in [0, 0.05) is 0 Å². The van der Waals surface area contributed by atoms with E-state index in [4.69, 9.17) is 0 Å². The Kier molecular flexibility index (Phi) is 33.0. The highest BCUT2D eigenvalue weighted by Crippen LogP contribution is 2.39. The molecule has 5 heteroatoms. The standard InChI is InChI=1S/C45H88O5/c1-5-9-13-17-21-29-37-44(42(47)48,35-27-15-11-7-3)39-31-23-19-25-33-41(46)34-26-20-24-32-40-45(43(49)50,36-28-16-12-8-4)38-30-22-18-14-10-6-2/h41,46H,5-40H2,1-4H3,(H,47,48)(H,49,50). The van der Waals surface area contributed by atoms with E-state index in [1.165, 1.54) is 77.0 Å². The molecule has 2 atom stereocenters. The van der Waals surface area contributed by atoms with Crippen molar-refractivity contribution in [1.29, 1.82) is 0 Å². The number of aliphatic hydroxyl groups excluding tert-OH is 1. The summed E-state index contributed by atoms with van der Waals surface area (Å²) >= 11 is 0. The molecule has 0 rings (SSSR count). The Hall–Kier alpha value is -1.10. The number of unbranched alkanes of at least 4 members (excludes halogenated alkanes) is 22. The average molecular weight is 709 g/mol. The third-order valence-electron chi connectivity index (χ3n) is 11.8. The van der Waals surface area contributed by atoms with Gasteiger partial charge in [-0.05, 0) is 51.4 Å². The molecule has 0 aliphatic rings. The van der Waals surface area contributed by atoms with Crippen molar-refractivity contribution >= 4 is 11.9 Å². The fourth-order valence-corrected chi connectivity index (χ4v) is 8.20. The number of aliphatic carboxylic acids is 2. The number of carboxylic acid groups (broad SMARTS) is 2. The van der Waals surface area contributed by atoms with Crippen LogP contribution < -0.4 is 0 Å². The van der Waals surface area contributed by atoms with Gasteiger partial charge >= 0.3 is 11.9 Å². The molecule has 0 saturated heterocycles. The maximum Gasteiger partial charge on any atom is 0.309 e. The second-order valence-corrected chi connectivity index (χ2v) is 16.4. The Bertz CT molecular complexity index is 707. The van der Waals surface area contributed by atoms with Crippen LogP contribution in [0.5, 0.6) is 0 Å². The van der Waals surface area contributed by atoms with Gasteiger partial charge in [0.25, 0.3) is 0 Å². The molecule has 0 aromatic heterocycles. The van der Waals surface area contributed by atoms with Crippen LogP contribution in [0.4, 0.5) is 0 Å². The van der Waals surface area contributed by atoms with Gasteiger partial charge in [0.2, 0.25) is 0 Å². The second-order valence-electron chi connectivity index (χ2n) is 16.4. The first-order valence-corrected chi connectivity index (χ1v) is 22.4. The smallest absolute Gasteiger partial charge is 0.309 e. The van der Waals surface area contributed by atoms with E-state index >= 15 is 0 Å². The van der Waals surface area contributed by atoms with Gasteiger partial charge in [0.1, 0.15) is 0 Å². The highest BCUT2D eigenvalue weighted by atomic mass is 16.4. The lowest BCUT2D eigenvalue weighted by atomic mass is 9.74. The molecule has 0 bridgehead atoms. The highest BCUT2D eigenvalue weighted by Gasteiger charge is 2.37. The van der Waals surface area contributed by atoms with Gasteiger partial charge in [0.15, 0.2) is 0 Å². The summed E-state index contributed by atoms with van der Waals surface area (Å²) in [5.74, 6) is -1.15. The van der Waals surface area contributed by atoms with E-state index in [0.717, 1.165) is 154 Å². The van der Waals surface area contributed by atoms with E-state index in [-0.39, 0.29) is 6.10 Å². The summed E-state index contributed by atoms with van der Waals surface area (Å²) in [6.07, 6.45) is 38.0. The van der Waals surface area contributed by atoms with E-state index in [0.29, 0.717) is 0 Å². The van der Waals surface area contributed by atoms with Crippen molar-refractivity contribution in [3.05, 3.63) is 0 Å². The molecular weight excluding hydrogens is 620 g/mol. The van der Waals surface area contributed by atoms with Crippen LogP contribution in [0.1, 0.15) is 259 Å². The predicted octanol–water partition coefficient (Wildman–Crippen LogP) is 14.6. The first-order chi connectivity index (χ1) is 24.2. The van der Waals surface area contributed by atoms with Crippen LogP contribution in [0.25, 0.3) is 0 Å². The zero-order chi connectivity index (χ0) is 37.2. The third kappa shape index (κ3) is 25.0. The minimum atomic E-state index is -0.573. The van der Waals surface area contributed by atoms with Crippen LogP contribution in [0.3, 0.4) is 0 Å². The fraction of sp³-hybridized carbons (Fsp3) is 0.956. The van der Waals surface area contributed by atoms with E-state index < -0.39 is 22.8 Å². The van der Waals surface area contributed by atoms with Crippen LogP contribution in [-0.4, -0.2) is 33.4 Å². The summed E-state index contributed by atoms with van der Waals surface area (Å²) in [5.41, 5.74) is -1.10. The molecule has 0 heterocycles. The van der Waals surface area contributed by atoms with Crippen molar-refractivity contribution in [1.82, 2.24) is 0 Å². The number of carbonyl (C=O) groups is 2. The van der Waals surface area contributed by atoms with Crippen molar-refractivity contribution in [2.24, 2.45) is 10.8 Å². The van der Waals surface area contributed by atoms with Crippen molar-refractivity contribution in [2.75, 3.05) is 0 Å². The van der Waals surface area contributed by atoms with Gasteiger partial charge in [-0.15, -0.1) is 0 Å². The molecule has 0 spiro atoms. The summed E-state index contributed by atoms with van der Waals surface area (Å²) in [7, 11) is 0. The van der Waals surface area contributed by atoms with Crippen LogP contribution in [-0.2, 0) is 9.59 Å². The molecule has 0 radical (unpaired) electrons. The molecule has 0 aliphatic heterocycles. The average Bonchev–Trinajstić information content (AvgIpc) is 3.10. The normalized spacial score (nSPS) is 14.7. The molecule has 0 aliphatic carbocycles. The fourth-order valence-electron chi connectivity index (χ4n) is 8.20. The van der Waals surface area contributed by atoms with Crippen LogP contribution in [0, 0.1) is 10.8 Å². The molecule has 0 aromatic rings. The third-order valence-corrected chi connectivity index (χ3v) is 11.8. The number of carboxylic acids is 2. The molecule has 0 fully saturated rings. The zero-order valence-electron chi connectivity index (χ0n) is 34.2. The predicted molar refractivity (Wildman–Crippen MR) is 215 cm³/mol. The molecule has 3 N–H and O–H groups in total. The highest BCUT2D eigenvalue weighted by molar-refractivity contribution is 5.75. The summed E-state index contributed by atoms with van der Waals surface area (Å²) < 4.78 is 0. The molecule has 2 unspecified atom stereocenters. The van der Waals surface area contributed by atoms with Gasteiger partial charge in [0.05, 0.1) is 16.9 Å². The topological polar surface area (TPSA) is 94.8 Å². The first-order valence-electron chi connectivity index (χ1n) is 22.4. The lowest BCUT2D eigenvalue weighted by molar-refractivity contribution is -0.151. The Morgan fingerprint density at radius 1 is 0.360 bits per heavy atom. The van der Waals surface area contributed by atoms with Crippen molar-refractivity contribution in [3.8, 4) is 0 Å². The van der Waals surface area contributed by atoms with Crippen molar-refractivity contribution in [3.63, 3.8) is 0 Å². The minimum Gasteiger partial charge on any atom is -0.481 e. The molecule has 298 valence electrons. The van der Waals surface area contributed by atoms with Crippen molar-refractivity contribution < 1.29 is 24.9 Å².